The van der Waals surface area contributed by atoms with Gasteiger partial charge in [0.05, 0.1) is 23.6 Å². The van der Waals surface area contributed by atoms with Gasteiger partial charge in [0.2, 0.25) is 15.9 Å². The predicted molar refractivity (Wildman–Crippen MR) is 109 cm³/mol. The number of nitrogens with two attached hydrogens (primary N) is 1. The van der Waals surface area contributed by atoms with E-state index in [0.717, 1.165) is 5.56 Å². The number of benzene rings is 2. The molecule has 1 aliphatic carbocycles. The number of primary sulfonamides is 1. The van der Waals surface area contributed by atoms with Gasteiger partial charge in [-0.1, -0.05) is 37.6 Å². The number of halogens is 1. The molecular formula is C20H23ClN2O4S. The number of rotatable bonds is 5. The van der Waals surface area contributed by atoms with Crippen molar-refractivity contribution < 1.29 is 17.9 Å². The molecule has 0 spiro atoms. The molecule has 1 fully saturated rings. The van der Waals surface area contributed by atoms with Gasteiger partial charge in [-0.05, 0) is 47.7 Å². The Labute approximate surface area is 170 Å². The van der Waals surface area contributed by atoms with Crippen molar-refractivity contribution >= 4 is 33.2 Å². The van der Waals surface area contributed by atoms with E-state index in [1.54, 1.807) is 37.3 Å². The third kappa shape index (κ3) is 3.74. The van der Waals surface area contributed by atoms with Crippen LogP contribution in [0.4, 0.5) is 5.69 Å². The Morgan fingerprint density at radius 1 is 1.21 bits per heavy atom. The summed E-state index contributed by atoms with van der Waals surface area (Å²) < 4.78 is 28.5. The minimum Gasteiger partial charge on any atom is -0.495 e. The van der Waals surface area contributed by atoms with E-state index in [9.17, 15) is 13.2 Å². The molecular weight excluding hydrogens is 400 g/mol. The first-order valence-corrected chi connectivity index (χ1v) is 10.7. The molecule has 2 aromatic rings. The molecule has 28 heavy (non-hydrogen) atoms. The molecule has 6 nitrogen and oxygen atoms in total. The van der Waals surface area contributed by atoms with Gasteiger partial charge in [0.1, 0.15) is 5.75 Å². The highest BCUT2D eigenvalue weighted by molar-refractivity contribution is 7.89. The Morgan fingerprint density at radius 2 is 1.89 bits per heavy atom. The number of aryl methyl sites for hydroxylation is 1. The van der Waals surface area contributed by atoms with Crippen LogP contribution in [-0.4, -0.2) is 21.4 Å². The first kappa shape index (κ1) is 20.6. The van der Waals surface area contributed by atoms with Crippen molar-refractivity contribution in [2.45, 2.75) is 31.6 Å². The Kier molecular flexibility index (Phi) is 5.20. The Bertz CT molecular complexity index is 1050. The van der Waals surface area contributed by atoms with E-state index in [4.69, 9.17) is 21.5 Å². The molecule has 0 aliphatic heterocycles. The summed E-state index contributed by atoms with van der Waals surface area (Å²) in [5.41, 5.74) is 1.72. The molecule has 0 heterocycles. The SMILES string of the molecule is COc1ccc(Cl)cc1NC(=O)[C@H]1[C@H](c2ccc(S(N)(=O)=O)c(C)c2)C1(C)C. The summed E-state index contributed by atoms with van der Waals surface area (Å²) in [6, 6.07) is 10.1. The van der Waals surface area contributed by atoms with Crippen LogP contribution in [0.3, 0.4) is 0 Å². The van der Waals surface area contributed by atoms with Crippen LogP contribution in [0.15, 0.2) is 41.3 Å². The van der Waals surface area contributed by atoms with Gasteiger partial charge in [0.25, 0.3) is 0 Å². The van der Waals surface area contributed by atoms with Crippen LogP contribution in [0, 0.1) is 18.3 Å². The van der Waals surface area contributed by atoms with Crippen LogP contribution in [0.2, 0.25) is 5.02 Å². The third-order valence-corrected chi connectivity index (χ3v) is 6.70. The zero-order valence-electron chi connectivity index (χ0n) is 16.1. The van der Waals surface area contributed by atoms with Gasteiger partial charge < -0.3 is 10.1 Å². The Balaban J connectivity index is 1.86. The molecule has 2 aromatic carbocycles. The van der Waals surface area contributed by atoms with Gasteiger partial charge in [-0.2, -0.15) is 0 Å². The van der Waals surface area contributed by atoms with Gasteiger partial charge in [-0.3, -0.25) is 4.79 Å². The maximum Gasteiger partial charge on any atom is 0.238 e. The average Bonchev–Trinajstić information content (AvgIpc) is 3.16. The number of ether oxygens (including phenoxy) is 1. The second-order valence-electron chi connectivity index (χ2n) is 7.68. The van der Waals surface area contributed by atoms with Crippen molar-refractivity contribution in [3.05, 3.63) is 52.5 Å². The molecule has 0 unspecified atom stereocenters. The van der Waals surface area contributed by atoms with Crippen molar-refractivity contribution in [3.8, 4) is 5.75 Å². The number of carbonyl (C=O) groups is 1. The summed E-state index contributed by atoms with van der Waals surface area (Å²) in [5, 5.41) is 8.64. The third-order valence-electron chi connectivity index (χ3n) is 5.39. The number of anilines is 1. The van der Waals surface area contributed by atoms with E-state index < -0.39 is 10.0 Å². The van der Waals surface area contributed by atoms with Gasteiger partial charge in [0.15, 0.2) is 0 Å². The highest BCUT2D eigenvalue weighted by atomic mass is 35.5. The van der Waals surface area contributed by atoms with Crippen molar-refractivity contribution in [3.63, 3.8) is 0 Å². The summed E-state index contributed by atoms with van der Waals surface area (Å²) in [6.07, 6.45) is 0. The van der Waals surface area contributed by atoms with E-state index >= 15 is 0 Å². The lowest BCUT2D eigenvalue weighted by Gasteiger charge is -2.11. The zero-order chi connectivity index (χ0) is 20.9. The van der Waals surface area contributed by atoms with Crippen LogP contribution >= 0.6 is 11.6 Å². The van der Waals surface area contributed by atoms with Crippen molar-refractivity contribution in [2.75, 3.05) is 12.4 Å². The van der Waals surface area contributed by atoms with Crippen LogP contribution in [-0.2, 0) is 14.8 Å². The smallest absolute Gasteiger partial charge is 0.238 e. The number of methoxy groups -OCH3 is 1. The number of carbonyl (C=O) groups excluding carboxylic acids is 1. The number of hydrogen-bond donors (Lipinski definition) is 2. The van der Waals surface area contributed by atoms with Crippen LogP contribution < -0.4 is 15.2 Å². The summed E-state index contributed by atoms with van der Waals surface area (Å²) in [7, 11) is -2.25. The van der Waals surface area contributed by atoms with E-state index in [2.05, 4.69) is 5.32 Å². The molecule has 8 heteroatoms. The summed E-state index contributed by atoms with van der Waals surface area (Å²) in [5.74, 6) is 0.0895. The fraction of sp³-hybridized carbons (Fsp3) is 0.350. The lowest BCUT2D eigenvalue weighted by molar-refractivity contribution is -0.118. The molecule has 1 saturated carbocycles. The lowest BCUT2D eigenvalue weighted by Crippen LogP contribution is -2.17. The molecule has 150 valence electrons. The van der Waals surface area contributed by atoms with Crippen LogP contribution in [0.5, 0.6) is 5.75 Å². The molecule has 3 N–H and O–H groups in total. The number of sulfonamides is 1. The highest BCUT2D eigenvalue weighted by Crippen LogP contribution is 2.64. The molecule has 0 radical (unpaired) electrons. The Hall–Kier alpha value is -2.09. The number of nitrogens with one attached hydrogen (secondary N) is 1. The summed E-state index contributed by atoms with van der Waals surface area (Å²) >= 11 is 6.04. The van der Waals surface area contributed by atoms with E-state index in [1.807, 2.05) is 13.8 Å². The van der Waals surface area contributed by atoms with Crippen molar-refractivity contribution in [2.24, 2.45) is 16.5 Å². The average molecular weight is 423 g/mol. The van der Waals surface area contributed by atoms with Gasteiger partial charge in [-0.25, -0.2) is 13.6 Å². The zero-order valence-corrected chi connectivity index (χ0v) is 17.7. The number of amides is 1. The van der Waals surface area contributed by atoms with Gasteiger partial charge in [-0.15, -0.1) is 0 Å². The predicted octanol–water partition coefficient (Wildman–Crippen LogP) is 3.68. The molecule has 0 bridgehead atoms. The molecule has 1 amide bonds. The second kappa shape index (κ2) is 7.06. The monoisotopic (exact) mass is 422 g/mol. The fourth-order valence-corrected chi connectivity index (χ4v) is 4.86. The molecule has 2 atom stereocenters. The largest absolute Gasteiger partial charge is 0.495 e. The minimum absolute atomic E-state index is 0.0362. The van der Waals surface area contributed by atoms with E-state index in [0.29, 0.717) is 22.0 Å². The minimum atomic E-state index is -3.77. The second-order valence-corrected chi connectivity index (χ2v) is 9.65. The molecule has 0 saturated heterocycles. The summed E-state index contributed by atoms with van der Waals surface area (Å²) in [4.78, 5) is 13.0. The molecule has 3 rings (SSSR count). The van der Waals surface area contributed by atoms with Gasteiger partial charge >= 0.3 is 0 Å². The topological polar surface area (TPSA) is 98.5 Å². The van der Waals surface area contributed by atoms with Crippen LogP contribution in [0.25, 0.3) is 0 Å². The van der Waals surface area contributed by atoms with Gasteiger partial charge in [0, 0.05) is 10.9 Å². The fourth-order valence-electron chi connectivity index (χ4n) is 3.92. The first-order valence-electron chi connectivity index (χ1n) is 8.74. The maximum absolute atomic E-state index is 12.9. The maximum atomic E-state index is 12.9. The van der Waals surface area contributed by atoms with Crippen molar-refractivity contribution in [1.29, 1.82) is 0 Å². The first-order chi connectivity index (χ1) is 13.0. The quantitative estimate of drug-likeness (QED) is 0.767. The lowest BCUT2D eigenvalue weighted by atomic mass is 10.0. The van der Waals surface area contributed by atoms with Crippen LogP contribution in [0.1, 0.15) is 30.9 Å². The number of hydrogen-bond acceptors (Lipinski definition) is 4. The van der Waals surface area contributed by atoms with E-state index in [1.165, 1.54) is 13.2 Å². The van der Waals surface area contributed by atoms with E-state index in [-0.39, 0.29) is 28.1 Å². The molecule has 0 aromatic heterocycles. The summed E-state index contributed by atoms with van der Waals surface area (Å²) in [6.45, 7) is 5.73. The normalized spacial score (nSPS) is 20.5. The Morgan fingerprint density at radius 3 is 2.46 bits per heavy atom. The standard InChI is InChI=1S/C20H23ClN2O4S/c1-11-9-12(5-8-16(11)28(22,25)26)17-18(20(17,2)3)19(24)23-14-10-13(21)6-7-15(14)27-4/h5-10,17-18H,1-4H3,(H,23,24)(H2,22,25,26)/t17-,18+/m0/s1. The molecule has 1 aliphatic rings. The van der Waals surface area contributed by atoms with Crippen molar-refractivity contribution in [1.82, 2.24) is 0 Å². The highest BCUT2D eigenvalue weighted by Gasteiger charge is 2.62.